The van der Waals surface area contributed by atoms with Crippen molar-refractivity contribution in [1.82, 2.24) is 10.3 Å². The number of nitrogens with zero attached hydrogens (tertiary/aromatic N) is 1. The van der Waals surface area contributed by atoms with Gasteiger partial charge in [0.1, 0.15) is 0 Å². The second kappa shape index (κ2) is 6.00. The van der Waals surface area contributed by atoms with Crippen molar-refractivity contribution >= 4 is 0 Å². The number of hydrogen-bond donors (Lipinski definition) is 1. The van der Waals surface area contributed by atoms with Crippen LogP contribution in [0.25, 0.3) is 0 Å². The summed E-state index contributed by atoms with van der Waals surface area (Å²) in [6, 6.07) is 1.39. The van der Waals surface area contributed by atoms with Crippen LogP contribution < -0.4 is 5.32 Å². The number of alkyl halides is 3. The van der Waals surface area contributed by atoms with Crippen molar-refractivity contribution in [1.29, 1.82) is 0 Å². The van der Waals surface area contributed by atoms with Gasteiger partial charge in [0.2, 0.25) is 0 Å². The van der Waals surface area contributed by atoms with Gasteiger partial charge in [0, 0.05) is 18.4 Å². The molecule has 0 saturated carbocycles. The number of hydrogen-bond acceptors (Lipinski definition) is 2. The van der Waals surface area contributed by atoms with Crippen LogP contribution in [0.4, 0.5) is 13.2 Å². The molecule has 1 heterocycles. The Balaban J connectivity index is 2.59. The first-order chi connectivity index (χ1) is 7.91. The zero-order valence-corrected chi connectivity index (χ0v) is 10.0. The molecule has 1 aromatic rings. The SMILES string of the molecule is CC(C)NCCCc1cnccc1C(F)(F)F. The lowest BCUT2D eigenvalue weighted by molar-refractivity contribution is -0.138. The van der Waals surface area contributed by atoms with Crippen LogP contribution in [0.1, 0.15) is 31.4 Å². The highest BCUT2D eigenvalue weighted by atomic mass is 19.4. The molecule has 1 N–H and O–H groups in total. The van der Waals surface area contributed by atoms with Gasteiger partial charge in [-0.1, -0.05) is 13.8 Å². The number of halogens is 3. The maximum Gasteiger partial charge on any atom is 0.416 e. The summed E-state index contributed by atoms with van der Waals surface area (Å²) in [6.45, 7) is 4.72. The lowest BCUT2D eigenvalue weighted by Crippen LogP contribution is -2.24. The van der Waals surface area contributed by atoms with E-state index in [1.165, 1.54) is 12.4 Å². The Labute approximate surface area is 99.3 Å². The van der Waals surface area contributed by atoms with Gasteiger partial charge >= 0.3 is 6.18 Å². The van der Waals surface area contributed by atoms with E-state index in [9.17, 15) is 13.2 Å². The minimum Gasteiger partial charge on any atom is -0.315 e. The van der Waals surface area contributed by atoms with E-state index >= 15 is 0 Å². The summed E-state index contributed by atoms with van der Waals surface area (Å²) in [4.78, 5) is 3.75. The molecule has 0 saturated heterocycles. The van der Waals surface area contributed by atoms with E-state index in [4.69, 9.17) is 0 Å². The van der Waals surface area contributed by atoms with Gasteiger partial charge in [-0.25, -0.2) is 0 Å². The molecule has 0 fully saturated rings. The molecule has 0 aromatic carbocycles. The molecule has 1 aromatic heterocycles. The van der Waals surface area contributed by atoms with Crippen LogP contribution in [0.2, 0.25) is 0 Å². The van der Waals surface area contributed by atoms with Gasteiger partial charge in [0.25, 0.3) is 0 Å². The molecule has 0 atom stereocenters. The van der Waals surface area contributed by atoms with E-state index in [1.54, 1.807) is 0 Å². The third-order valence-corrected chi connectivity index (χ3v) is 2.38. The minimum absolute atomic E-state index is 0.269. The van der Waals surface area contributed by atoms with Crippen molar-refractivity contribution < 1.29 is 13.2 Å². The Hall–Kier alpha value is -1.10. The summed E-state index contributed by atoms with van der Waals surface area (Å²) in [6.07, 6.45) is -0.740. The van der Waals surface area contributed by atoms with Crippen molar-refractivity contribution in [2.24, 2.45) is 0 Å². The van der Waals surface area contributed by atoms with Gasteiger partial charge in [-0.3, -0.25) is 4.98 Å². The summed E-state index contributed by atoms with van der Waals surface area (Å²) in [5, 5.41) is 3.17. The number of nitrogens with one attached hydrogen (secondary N) is 1. The Morgan fingerprint density at radius 1 is 1.35 bits per heavy atom. The molecule has 0 aliphatic heterocycles. The van der Waals surface area contributed by atoms with Crippen LogP contribution in [-0.2, 0) is 12.6 Å². The predicted octanol–water partition coefficient (Wildman–Crippen LogP) is 3.03. The van der Waals surface area contributed by atoms with Crippen molar-refractivity contribution in [3.63, 3.8) is 0 Å². The van der Waals surface area contributed by atoms with E-state index < -0.39 is 11.7 Å². The molecule has 0 spiro atoms. The standard InChI is InChI=1S/C12H17F3N2/c1-9(2)17-6-3-4-10-8-16-7-5-11(10)12(13,14)15/h5,7-9,17H,3-4,6H2,1-2H3. The molecular formula is C12H17F3N2. The molecule has 17 heavy (non-hydrogen) atoms. The van der Waals surface area contributed by atoms with Gasteiger partial charge < -0.3 is 5.32 Å². The normalized spacial score (nSPS) is 12.1. The topological polar surface area (TPSA) is 24.9 Å². The Morgan fingerprint density at radius 3 is 2.65 bits per heavy atom. The van der Waals surface area contributed by atoms with Crippen molar-refractivity contribution in [3.8, 4) is 0 Å². The lowest BCUT2D eigenvalue weighted by Gasteiger charge is -2.12. The molecule has 0 unspecified atom stereocenters. The van der Waals surface area contributed by atoms with E-state index in [0.29, 0.717) is 25.4 Å². The van der Waals surface area contributed by atoms with Gasteiger partial charge in [0.05, 0.1) is 5.56 Å². The van der Waals surface area contributed by atoms with Crippen molar-refractivity contribution in [3.05, 3.63) is 29.6 Å². The van der Waals surface area contributed by atoms with E-state index in [1.807, 2.05) is 13.8 Å². The van der Waals surface area contributed by atoms with Crippen LogP contribution in [0, 0.1) is 0 Å². The summed E-state index contributed by atoms with van der Waals surface area (Å²) in [7, 11) is 0. The van der Waals surface area contributed by atoms with Crippen LogP contribution in [-0.4, -0.2) is 17.6 Å². The molecule has 0 amide bonds. The average Bonchev–Trinajstić information content (AvgIpc) is 2.23. The molecule has 5 heteroatoms. The van der Waals surface area contributed by atoms with Crippen molar-refractivity contribution in [2.75, 3.05) is 6.54 Å². The highest BCUT2D eigenvalue weighted by Gasteiger charge is 2.32. The third kappa shape index (κ3) is 4.73. The second-order valence-electron chi connectivity index (χ2n) is 4.24. The smallest absolute Gasteiger partial charge is 0.315 e. The van der Waals surface area contributed by atoms with Gasteiger partial charge in [-0.2, -0.15) is 13.2 Å². The first-order valence-corrected chi connectivity index (χ1v) is 5.64. The van der Waals surface area contributed by atoms with Crippen LogP contribution in [0.5, 0.6) is 0 Å². The first-order valence-electron chi connectivity index (χ1n) is 5.64. The molecule has 0 aliphatic carbocycles. The summed E-state index contributed by atoms with van der Waals surface area (Å²) >= 11 is 0. The molecule has 2 nitrogen and oxygen atoms in total. The average molecular weight is 246 g/mol. The third-order valence-electron chi connectivity index (χ3n) is 2.38. The zero-order chi connectivity index (χ0) is 12.9. The number of aromatic nitrogens is 1. The maximum atomic E-state index is 12.6. The molecule has 0 aliphatic rings. The van der Waals surface area contributed by atoms with Crippen LogP contribution >= 0.6 is 0 Å². The minimum atomic E-state index is -4.29. The Morgan fingerprint density at radius 2 is 2.06 bits per heavy atom. The largest absolute Gasteiger partial charge is 0.416 e. The number of pyridine rings is 1. The quantitative estimate of drug-likeness (QED) is 0.808. The Bertz CT molecular complexity index is 348. The molecule has 0 bridgehead atoms. The number of aryl methyl sites for hydroxylation is 1. The van der Waals surface area contributed by atoms with Crippen molar-refractivity contribution in [2.45, 2.75) is 38.9 Å². The maximum absolute atomic E-state index is 12.6. The summed E-state index contributed by atoms with van der Waals surface area (Å²) in [5.74, 6) is 0. The molecule has 96 valence electrons. The second-order valence-corrected chi connectivity index (χ2v) is 4.24. The lowest BCUT2D eigenvalue weighted by atomic mass is 10.1. The summed E-state index contributed by atoms with van der Waals surface area (Å²) in [5.41, 5.74) is -0.303. The van der Waals surface area contributed by atoms with E-state index in [-0.39, 0.29) is 5.56 Å². The fraction of sp³-hybridized carbons (Fsp3) is 0.583. The summed E-state index contributed by atoms with van der Waals surface area (Å²) < 4.78 is 37.9. The monoisotopic (exact) mass is 246 g/mol. The first kappa shape index (κ1) is 14.0. The Kier molecular flexibility index (Phi) is 4.93. The molecule has 1 rings (SSSR count). The fourth-order valence-electron chi connectivity index (χ4n) is 1.57. The van der Waals surface area contributed by atoms with E-state index in [2.05, 4.69) is 10.3 Å². The zero-order valence-electron chi connectivity index (χ0n) is 10.0. The fourth-order valence-corrected chi connectivity index (χ4v) is 1.57. The highest BCUT2D eigenvalue weighted by molar-refractivity contribution is 5.26. The van der Waals surface area contributed by atoms with Crippen LogP contribution in [0.3, 0.4) is 0 Å². The number of rotatable bonds is 5. The van der Waals surface area contributed by atoms with E-state index in [0.717, 1.165) is 6.07 Å². The van der Waals surface area contributed by atoms with Gasteiger partial charge in [-0.15, -0.1) is 0 Å². The van der Waals surface area contributed by atoms with Crippen LogP contribution in [0.15, 0.2) is 18.5 Å². The molecule has 0 radical (unpaired) electrons. The highest BCUT2D eigenvalue weighted by Crippen LogP contribution is 2.31. The molecular weight excluding hydrogens is 229 g/mol. The predicted molar refractivity (Wildman–Crippen MR) is 60.7 cm³/mol. The van der Waals surface area contributed by atoms with Gasteiger partial charge in [0.15, 0.2) is 0 Å². The van der Waals surface area contributed by atoms with Gasteiger partial charge in [-0.05, 0) is 31.0 Å².